The summed E-state index contributed by atoms with van der Waals surface area (Å²) < 4.78 is 59.7. The number of sulfone groups is 1. The summed E-state index contributed by atoms with van der Waals surface area (Å²) in [6.45, 7) is 1.63. The highest BCUT2D eigenvalue weighted by Gasteiger charge is 2.31. The first kappa shape index (κ1) is 18.5. The van der Waals surface area contributed by atoms with Crippen molar-refractivity contribution in [3.63, 3.8) is 0 Å². The van der Waals surface area contributed by atoms with Gasteiger partial charge in [0.1, 0.15) is 15.7 Å². The number of hydrogen-bond donors (Lipinski definition) is 0. The van der Waals surface area contributed by atoms with E-state index in [0.717, 1.165) is 18.5 Å². The number of halogens is 3. The summed E-state index contributed by atoms with van der Waals surface area (Å²) in [5.74, 6) is -0.00124. The molecule has 0 aromatic carbocycles. The van der Waals surface area contributed by atoms with Crippen LogP contribution in [-0.2, 0) is 20.8 Å². The summed E-state index contributed by atoms with van der Waals surface area (Å²) in [6.07, 6.45) is -2.61. The van der Waals surface area contributed by atoms with Crippen molar-refractivity contribution in [2.24, 2.45) is 0 Å². The second-order valence-electron chi connectivity index (χ2n) is 5.65. The highest BCUT2D eigenvalue weighted by Crippen LogP contribution is 2.29. The zero-order valence-corrected chi connectivity index (χ0v) is 13.9. The van der Waals surface area contributed by atoms with Crippen LogP contribution in [0.5, 0.6) is 0 Å². The van der Waals surface area contributed by atoms with Crippen molar-refractivity contribution in [2.45, 2.75) is 12.6 Å². The number of aromatic nitrogens is 1. The zero-order valence-electron chi connectivity index (χ0n) is 13.1. The Hall–Kier alpha value is -1.84. The third-order valence-electron chi connectivity index (χ3n) is 3.72. The minimum atomic E-state index is -4.42. The van der Waals surface area contributed by atoms with Crippen LogP contribution in [0.1, 0.15) is 12.0 Å². The molecular formula is C14H18F3N3O3S. The molecule has 0 radical (unpaired) electrons. The van der Waals surface area contributed by atoms with Crippen LogP contribution in [0.15, 0.2) is 18.3 Å². The second kappa shape index (κ2) is 6.96. The Morgan fingerprint density at radius 1 is 1.21 bits per heavy atom. The number of nitrogens with zero attached hydrogens (tertiary/aromatic N) is 3. The summed E-state index contributed by atoms with van der Waals surface area (Å²) in [6, 6.07) is 2.29. The summed E-state index contributed by atoms with van der Waals surface area (Å²) >= 11 is 0. The molecular weight excluding hydrogens is 347 g/mol. The molecule has 1 fully saturated rings. The monoisotopic (exact) mass is 365 g/mol. The number of amides is 1. The van der Waals surface area contributed by atoms with E-state index in [4.69, 9.17) is 0 Å². The second-order valence-corrected chi connectivity index (χ2v) is 7.91. The topological polar surface area (TPSA) is 70.6 Å². The summed E-state index contributed by atoms with van der Waals surface area (Å²) in [5.41, 5.74) is -0.805. The largest absolute Gasteiger partial charge is 0.417 e. The van der Waals surface area contributed by atoms with Gasteiger partial charge in [-0.25, -0.2) is 13.4 Å². The van der Waals surface area contributed by atoms with E-state index in [1.165, 1.54) is 6.07 Å². The number of carbonyl (C=O) groups is 1. The lowest BCUT2D eigenvalue weighted by Crippen LogP contribution is -2.49. The predicted molar refractivity (Wildman–Crippen MR) is 82.4 cm³/mol. The first-order valence-electron chi connectivity index (χ1n) is 7.30. The van der Waals surface area contributed by atoms with E-state index in [2.05, 4.69) is 4.98 Å². The molecule has 0 saturated carbocycles. The highest BCUT2D eigenvalue weighted by atomic mass is 32.2. The fourth-order valence-electron chi connectivity index (χ4n) is 2.36. The molecule has 0 spiro atoms. The molecule has 0 N–H and O–H groups in total. The van der Waals surface area contributed by atoms with Crippen LogP contribution in [0.2, 0.25) is 0 Å². The molecule has 1 aliphatic rings. The maximum atomic E-state index is 12.5. The van der Waals surface area contributed by atoms with Gasteiger partial charge in [0.15, 0.2) is 0 Å². The van der Waals surface area contributed by atoms with E-state index in [1.54, 1.807) is 9.80 Å². The standard InChI is InChI=1S/C14H18F3N3O3S/c1-24(22,23)9-4-13(21)20-7-5-19(6-8-20)12-3-2-11(10-18-12)14(15,16)17/h2-3,10H,4-9H2,1H3. The Labute approximate surface area is 138 Å². The molecule has 134 valence electrons. The predicted octanol–water partition coefficient (Wildman–Crippen LogP) is 1.18. The van der Waals surface area contributed by atoms with Crippen molar-refractivity contribution in [3.8, 4) is 0 Å². The molecule has 0 bridgehead atoms. The van der Waals surface area contributed by atoms with E-state index < -0.39 is 21.6 Å². The molecule has 2 rings (SSSR count). The van der Waals surface area contributed by atoms with E-state index in [0.29, 0.717) is 32.0 Å². The van der Waals surface area contributed by atoms with Crippen LogP contribution in [0.3, 0.4) is 0 Å². The lowest BCUT2D eigenvalue weighted by Gasteiger charge is -2.35. The van der Waals surface area contributed by atoms with Crippen LogP contribution in [0.25, 0.3) is 0 Å². The van der Waals surface area contributed by atoms with Gasteiger partial charge in [0, 0.05) is 45.1 Å². The highest BCUT2D eigenvalue weighted by molar-refractivity contribution is 7.90. The van der Waals surface area contributed by atoms with Crippen molar-refractivity contribution in [3.05, 3.63) is 23.9 Å². The number of hydrogen-bond acceptors (Lipinski definition) is 5. The van der Waals surface area contributed by atoms with Crippen molar-refractivity contribution in [2.75, 3.05) is 43.1 Å². The van der Waals surface area contributed by atoms with Crippen LogP contribution in [-0.4, -0.2) is 62.4 Å². The quantitative estimate of drug-likeness (QED) is 0.802. The third kappa shape index (κ3) is 5.08. The molecule has 1 aromatic heterocycles. The number of alkyl halides is 3. The van der Waals surface area contributed by atoms with E-state index >= 15 is 0 Å². The molecule has 0 unspecified atom stereocenters. The maximum absolute atomic E-state index is 12.5. The van der Waals surface area contributed by atoms with Crippen LogP contribution in [0, 0.1) is 0 Å². The van der Waals surface area contributed by atoms with Crippen molar-refractivity contribution in [1.29, 1.82) is 0 Å². The van der Waals surface area contributed by atoms with Crippen molar-refractivity contribution in [1.82, 2.24) is 9.88 Å². The number of piperazine rings is 1. The zero-order chi connectivity index (χ0) is 18.0. The van der Waals surface area contributed by atoms with Gasteiger partial charge in [-0.3, -0.25) is 4.79 Å². The first-order chi connectivity index (χ1) is 11.1. The lowest BCUT2D eigenvalue weighted by atomic mass is 10.2. The molecule has 1 aliphatic heterocycles. The Bertz CT molecular complexity index is 681. The summed E-state index contributed by atoms with van der Waals surface area (Å²) in [5, 5.41) is 0. The SMILES string of the molecule is CS(=O)(=O)CCC(=O)N1CCN(c2ccc(C(F)(F)F)cn2)CC1. The Morgan fingerprint density at radius 2 is 1.83 bits per heavy atom. The van der Waals surface area contributed by atoms with Gasteiger partial charge in [-0.2, -0.15) is 13.2 Å². The lowest BCUT2D eigenvalue weighted by molar-refractivity contribution is -0.137. The van der Waals surface area contributed by atoms with Crippen LogP contribution in [0.4, 0.5) is 19.0 Å². The van der Waals surface area contributed by atoms with Gasteiger partial charge in [0.2, 0.25) is 5.91 Å². The Balaban J connectivity index is 1.89. The molecule has 1 saturated heterocycles. The first-order valence-corrected chi connectivity index (χ1v) is 9.36. The average molecular weight is 365 g/mol. The number of rotatable bonds is 4. The van der Waals surface area contributed by atoms with Gasteiger partial charge in [-0.1, -0.05) is 0 Å². The van der Waals surface area contributed by atoms with E-state index in [1.807, 2.05) is 0 Å². The van der Waals surface area contributed by atoms with Crippen LogP contribution < -0.4 is 4.90 Å². The van der Waals surface area contributed by atoms with Crippen molar-refractivity contribution < 1.29 is 26.4 Å². The normalized spacial score (nSPS) is 16.3. The van der Waals surface area contributed by atoms with Gasteiger partial charge in [0.25, 0.3) is 0 Å². The van der Waals surface area contributed by atoms with Gasteiger partial charge < -0.3 is 9.80 Å². The number of anilines is 1. The van der Waals surface area contributed by atoms with Gasteiger partial charge in [-0.05, 0) is 12.1 Å². The summed E-state index contributed by atoms with van der Waals surface area (Å²) in [4.78, 5) is 19.1. The molecule has 10 heteroatoms. The maximum Gasteiger partial charge on any atom is 0.417 e. The number of pyridine rings is 1. The molecule has 0 atom stereocenters. The smallest absolute Gasteiger partial charge is 0.353 e. The summed E-state index contributed by atoms with van der Waals surface area (Å²) in [7, 11) is -3.19. The Kier molecular flexibility index (Phi) is 5.36. The van der Waals surface area contributed by atoms with E-state index in [9.17, 15) is 26.4 Å². The molecule has 1 aromatic rings. The van der Waals surface area contributed by atoms with Gasteiger partial charge >= 0.3 is 6.18 Å². The fourth-order valence-corrected chi connectivity index (χ4v) is 2.90. The van der Waals surface area contributed by atoms with Gasteiger partial charge in [-0.15, -0.1) is 0 Å². The fraction of sp³-hybridized carbons (Fsp3) is 0.571. The van der Waals surface area contributed by atoms with Gasteiger partial charge in [0.05, 0.1) is 11.3 Å². The molecule has 6 nitrogen and oxygen atoms in total. The number of carbonyl (C=O) groups excluding carboxylic acids is 1. The average Bonchev–Trinajstić information content (AvgIpc) is 2.51. The minimum absolute atomic E-state index is 0.0582. The van der Waals surface area contributed by atoms with Crippen LogP contribution >= 0.6 is 0 Å². The molecule has 2 heterocycles. The van der Waals surface area contributed by atoms with Crippen molar-refractivity contribution >= 4 is 21.6 Å². The Morgan fingerprint density at radius 3 is 2.29 bits per heavy atom. The molecule has 0 aliphatic carbocycles. The minimum Gasteiger partial charge on any atom is -0.353 e. The molecule has 1 amide bonds. The molecule has 24 heavy (non-hydrogen) atoms. The third-order valence-corrected chi connectivity index (χ3v) is 4.66. The van der Waals surface area contributed by atoms with E-state index in [-0.39, 0.29) is 18.1 Å².